The molecule has 0 amide bonds. The molecule has 1 heterocycles. The van der Waals surface area contributed by atoms with Gasteiger partial charge in [0, 0.05) is 8.96 Å². The zero-order chi connectivity index (χ0) is 10.6. The summed E-state index contributed by atoms with van der Waals surface area (Å²) in [4.78, 5) is 3.27. The van der Waals surface area contributed by atoms with Crippen molar-refractivity contribution in [1.29, 1.82) is 0 Å². The third-order valence-corrected chi connectivity index (χ3v) is 3.11. The summed E-state index contributed by atoms with van der Waals surface area (Å²) >= 11 is 6.84. The number of nitrogens with one attached hydrogen (secondary N) is 2. The molecule has 80 valence electrons. The van der Waals surface area contributed by atoms with Gasteiger partial charge in [-0.25, -0.2) is 0 Å². The first-order valence-corrected chi connectivity index (χ1v) is 6.50. The summed E-state index contributed by atoms with van der Waals surface area (Å²) < 4.78 is 2.22. The summed E-state index contributed by atoms with van der Waals surface area (Å²) in [6.07, 6.45) is 0. The molecule has 1 aliphatic rings. The molecule has 0 radical (unpaired) electrons. The molecular weight excluding hydrogens is 308 g/mol. The van der Waals surface area contributed by atoms with E-state index >= 15 is 0 Å². The monoisotopic (exact) mass is 324 g/mol. The second-order valence-electron chi connectivity index (χ2n) is 3.89. The van der Waals surface area contributed by atoms with E-state index in [4.69, 9.17) is 0 Å². The summed E-state index contributed by atoms with van der Waals surface area (Å²) in [5, 5.41) is 0. The summed E-state index contributed by atoms with van der Waals surface area (Å²) in [7, 11) is 0. The van der Waals surface area contributed by atoms with Crippen LogP contribution in [0.1, 0.15) is 0 Å². The number of halogens is 2. The second kappa shape index (κ2) is 6.05. The highest BCUT2D eigenvalue weighted by molar-refractivity contribution is 9.12. The Kier molecular flexibility index (Phi) is 5.38. The van der Waals surface area contributed by atoms with Crippen molar-refractivity contribution in [3.8, 4) is 0 Å². The highest BCUT2D eigenvalue weighted by Gasteiger charge is 2.22. The molecule has 4 heteroatoms. The molecule has 0 aromatic rings. The van der Waals surface area contributed by atoms with Crippen LogP contribution in [-0.4, -0.2) is 39.3 Å². The lowest BCUT2D eigenvalue weighted by atomic mass is 10.3. The number of rotatable bonds is 4. The van der Waals surface area contributed by atoms with Crippen LogP contribution in [0.5, 0.6) is 0 Å². The van der Waals surface area contributed by atoms with Crippen LogP contribution in [0.3, 0.4) is 0 Å². The van der Waals surface area contributed by atoms with Crippen molar-refractivity contribution >= 4 is 31.9 Å². The van der Waals surface area contributed by atoms with E-state index in [0.29, 0.717) is 0 Å². The third kappa shape index (κ3) is 4.73. The topological polar surface area (TPSA) is 8.88 Å². The molecular formula is C10H18Br2N2+2. The Morgan fingerprint density at radius 3 is 1.36 bits per heavy atom. The summed E-state index contributed by atoms with van der Waals surface area (Å²) in [6, 6.07) is 0. The standard InChI is InChI=1S/C10H16Br2N2/c1-9(11)7-13-3-5-14(6-4-13)8-10(2)12/h1-8H2/p+2. The highest BCUT2D eigenvalue weighted by Crippen LogP contribution is 1.95. The average Bonchev–Trinajstić information content (AvgIpc) is 2.06. The molecule has 0 spiro atoms. The molecule has 1 rings (SSSR count). The van der Waals surface area contributed by atoms with Gasteiger partial charge in [-0.15, -0.1) is 0 Å². The fraction of sp³-hybridized carbons (Fsp3) is 0.600. The lowest BCUT2D eigenvalue weighted by Gasteiger charge is -2.29. The largest absolute Gasteiger partial charge is 0.321 e. The molecule has 1 saturated heterocycles. The molecule has 1 aliphatic heterocycles. The molecule has 0 aliphatic carbocycles. The van der Waals surface area contributed by atoms with Gasteiger partial charge in [-0.1, -0.05) is 45.0 Å². The predicted molar refractivity (Wildman–Crippen MR) is 67.3 cm³/mol. The molecule has 2 nitrogen and oxygen atoms in total. The molecule has 2 N–H and O–H groups in total. The average molecular weight is 326 g/mol. The Bertz CT molecular complexity index is 196. The number of piperazine rings is 1. The van der Waals surface area contributed by atoms with Crippen molar-refractivity contribution in [1.82, 2.24) is 0 Å². The van der Waals surface area contributed by atoms with Gasteiger partial charge in [-0.3, -0.25) is 0 Å². The molecule has 0 aromatic heterocycles. The quantitative estimate of drug-likeness (QED) is 0.695. The Balaban J connectivity index is 2.24. The van der Waals surface area contributed by atoms with Gasteiger partial charge >= 0.3 is 0 Å². The maximum Gasteiger partial charge on any atom is 0.127 e. The van der Waals surface area contributed by atoms with E-state index in [1.807, 2.05) is 0 Å². The van der Waals surface area contributed by atoms with Crippen LogP contribution in [-0.2, 0) is 0 Å². The minimum Gasteiger partial charge on any atom is -0.321 e. The minimum absolute atomic E-state index is 1.06. The van der Waals surface area contributed by atoms with E-state index in [1.54, 1.807) is 9.80 Å². The zero-order valence-corrected chi connectivity index (χ0v) is 11.6. The summed E-state index contributed by atoms with van der Waals surface area (Å²) in [5.41, 5.74) is 0. The van der Waals surface area contributed by atoms with Crippen molar-refractivity contribution in [3.63, 3.8) is 0 Å². The SMILES string of the molecule is C=C(Br)C[NH+]1CC[NH+](CC(=C)Br)CC1. The van der Waals surface area contributed by atoms with E-state index in [2.05, 4.69) is 45.0 Å². The smallest absolute Gasteiger partial charge is 0.127 e. The van der Waals surface area contributed by atoms with Crippen molar-refractivity contribution < 1.29 is 9.80 Å². The fourth-order valence-corrected chi connectivity index (χ4v) is 2.65. The van der Waals surface area contributed by atoms with Crippen LogP contribution in [0.25, 0.3) is 0 Å². The van der Waals surface area contributed by atoms with Crippen LogP contribution in [0.2, 0.25) is 0 Å². The number of hydrogen-bond acceptors (Lipinski definition) is 0. The van der Waals surface area contributed by atoms with Gasteiger partial charge in [0.1, 0.15) is 39.3 Å². The molecule has 0 atom stereocenters. The van der Waals surface area contributed by atoms with Crippen molar-refractivity contribution in [3.05, 3.63) is 22.1 Å². The van der Waals surface area contributed by atoms with Crippen LogP contribution in [0, 0.1) is 0 Å². The van der Waals surface area contributed by atoms with E-state index in [1.165, 1.54) is 26.2 Å². The molecule has 0 bridgehead atoms. The second-order valence-corrected chi connectivity index (χ2v) is 6.13. The van der Waals surface area contributed by atoms with Gasteiger partial charge in [0.2, 0.25) is 0 Å². The predicted octanol–water partition coefficient (Wildman–Crippen LogP) is -0.413. The van der Waals surface area contributed by atoms with E-state index in [0.717, 1.165) is 22.1 Å². The van der Waals surface area contributed by atoms with Gasteiger partial charge in [-0.05, 0) is 0 Å². The molecule has 14 heavy (non-hydrogen) atoms. The van der Waals surface area contributed by atoms with Crippen LogP contribution < -0.4 is 9.80 Å². The number of hydrogen-bond donors (Lipinski definition) is 2. The lowest BCUT2D eigenvalue weighted by molar-refractivity contribution is -1.01. The Labute approximate surface area is 103 Å². The normalized spacial score (nSPS) is 27.3. The van der Waals surface area contributed by atoms with Gasteiger partial charge in [0.25, 0.3) is 0 Å². The first-order chi connectivity index (χ1) is 6.58. The van der Waals surface area contributed by atoms with Crippen LogP contribution >= 0.6 is 31.9 Å². The molecule has 1 fully saturated rings. The molecule has 0 aromatic carbocycles. The van der Waals surface area contributed by atoms with Crippen molar-refractivity contribution in [2.24, 2.45) is 0 Å². The minimum atomic E-state index is 1.06. The first kappa shape index (κ1) is 12.4. The molecule has 0 unspecified atom stereocenters. The lowest BCUT2D eigenvalue weighted by Crippen LogP contribution is -3.28. The van der Waals surface area contributed by atoms with E-state index in [-0.39, 0.29) is 0 Å². The van der Waals surface area contributed by atoms with Gasteiger partial charge in [0.05, 0.1) is 0 Å². The maximum absolute atomic E-state index is 3.88. The van der Waals surface area contributed by atoms with E-state index in [9.17, 15) is 0 Å². The first-order valence-electron chi connectivity index (χ1n) is 4.91. The Morgan fingerprint density at radius 2 is 1.14 bits per heavy atom. The molecule has 0 saturated carbocycles. The van der Waals surface area contributed by atoms with Crippen LogP contribution in [0.15, 0.2) is 22.1 Å². The summed E-state index contributed by atoms with van der Waals surface area (Å²) in [6.45, 7) is 14.8. The zero-order valence-electron chi connectivity index (χ0n) is 8.41. The van der Waals surface area contributed by atoms with Gasteiger partial charge < -0.3 is 9.80 Å². The van der Waals surface area contributed by atoms with Crippen LogP contribution in [0.4, 0.5) is 0 Å². The van der Waals surface area contributed by atoms with Gasteiger partial charge in [0.15, 0.2) is 0 Å². The van der Waals surface area contributed by atoms with Gasteiger partial charge in [-0.2, -0.15) is 0 Å². The Hall–Kier alpha value is 0.360. The maximum atomic E-state index is 3.88. The van der Waals surface area contributed by atoms with Crippen molar-refractivity contribution in [2.75, 3.05) is 39.3 Å². The highest BCUT2D eigenvalue weighted by atomic mass is 79.9. The Morgan fingerprint density at radius 1 is 0.857 bits per heavy atom. The fourth-order valence-electron chi connectivity index (χ4n) is 1.85. The number of quaternary nitrogens is 2. The summed E-state index contributed by atoms with van der Waals surface area (Å²) in [5.74, 6) is 0. The van der Waals surface area contributed by atoms with E-state index < -0.39 is 0 Å². The third-order valence-electron chi connectivity index (χ3n) is 2.55. The van der Waals surface area contributed by atoms with Crippen molar-refractivity contribution in [2.45, 2.75) is 0 Å².